The molecule has 8 amide bonds. The van der Waals surface area contributed by atoms with Gasteiger partial charge in [-0.2, -0.15) is 0 Å². The molecule has 14 heteroatoms. The van der Waals surface area contributed by atoms with Crippen LogP contribution in [-0.2, 0) is 0 Å². The summed E-state index contributed by atoms with van der Waals surface area (Å²) in [6.45, 7) is 0. The molecule has 4 aromatic rings. The van der Waals surface area contributed by atoms with E-state index < -0.39 is 71.4 Å². The van der Waals surface area contributed by atoms with Crippen molar-refractivity contribution in [3.8, 4) is 0 Å². The molecule has 0 radical (unpaired) electrons. The van der Waals surface area contributed by atoms with E-state index in [1.165, 1.54) is 58.3 Å². The van der Waals surface area contributed by atoms with Crippen molar-refractivity contribution in [1.29, 1.82) is 0 Å². The molecule has 3 aliphatic carbocycles. The van der Waals surface area contributed by atoms with Gasteiger partial charge in [0.2, 0.25) is 0 Å². The van der Waals surface area contributed by atoms with Gasteiger partial charge in [0, 0.05) is 78.1 Å². The fourth-order valence-electron chi connectivity index (χ4n) is 11.6. The summed E-state index contributed by atoms with van der Waals surface area (Å²) in [7, 11) is 0. The van der Waals surface area contributed by atoms with Crippen LogP contribution < -0.4 is 11.5 Å². The normalized spacial score (nSPS) is 27.8. The molecule has 60 heavy (non-hydrogen) atoms. The predicted octanol–water partition coefficient (Wildman–Crippen LogP) is 4.93. The Hall–Kier alpha value is -6.12. The van der Waals surface area contributed by atoms with Gasteiger partial charge in [0.15, 0.2) is 0 Å². The molecule has 304 valence electrons. The Kier molecular flexibility index (Phi) is 8.12. The monoisotopic (exact) mass is 806 g/mol. The van der Waals surface area contributed by atoms with Gasteiger partial charge in [-0.3, -0.25) is 58.0 Å². The third kappa shape index (κ3) is 4.82. The molecule has 6 atom stereocenters. The lowest BCUT2D eigenvalue weighted by atomic mass is 9.80. The van der Waals surface area contributed by atoms with E-state index in [-0.39, 0.29) is 78.1 Å². The molecule has 0 aromatic heterocycles. The number of nitrogens with two attached hydrogens (primary N) is 2. The molecule has 0 bridgehead atoms. The summed E-state index contributed by atoms with van der Waals surface area (Å²) in [5, 5.41) is 1.01. The van der Waals surface area contributed by atoms with E-state index in [2.05, 4.69) is 0 Å². The third-order valence-electron chi connectivity index (χ3n) is 14.5. The van der Waals surface area contributed by atoms with Gasteiger partial charge in [-0.25, -0.2) is 0 Å². The number of benzene rings is 4. The molecule has 0 spiro atoms. The number of rotatable bonds is 4. The quantitative estimate of drug-likeness (QED) is 0.267. The third-order valence-corrected chi connectivity index (χ3v) is 14.5. The maximum atomic E-state index is 14.7. The summed E-state index contributed by atoms with van der Waals surface area (Å²) in [6.07, 6.45) is 7.99. The van der Waals surface area contributed by atoms with E-state index >= 15 is 0 Å². The second-order valence-electron chi connectivity index (χ2n) is 17.5. The Labute approximate surface area is 343 Å². The summed E-state index contributed by atoms with van der Waals surface area (Å²) in [5.41, 5.74) is 14.4. The second kappa shape index (κ2) is 13.2. The minimum Gasteiger partial charge on any atom is -0.326 e. The predicted molar refractivity (Wildman–Crippen MR) is 216 cm³/mol. The van der Waals surface area contributed by atoms with Gasteiger partial charge >= 0.3 is 0 Å². The average Bonchev–Trinajstić information content (AvgIpc) is 3.25. The van der Waals surface area contributed by atoms with Crippen molar-refractivity contribution in [2.24, 2.45) is 11.5 Å². The molecule has 3 saturated carbocycles. The van der Waals surface area contributed by atoms with Crippen LogP contribution in [-0.4, -0.2) is 103 Å². The van der Waals surface area contributed by atoms with Crippen LogP contribution in [0.15, 0.2) is 48.5 Å². The number of amides is 8. The average molecular weight is 807 g/mol. The topological polar surface area (TPSA) is 202 Å². The zero-order valence-electron chi connectivity index (χ0n) is 32.8. The molecule has 0 unspecified atom stereocenters. The van der Waals surface area contributed by atoms with Gasteiger partial charge in [0.25, 0.3) is 47.3 Å². The molecule has 14 nitrogen and oxygen atoms in total. The number of hydrogen-bond donors (Lipinski definition) is 2. The highest BCUT2D eigenvalue weighted by Gasteiger charge is 2.51. The van der Waals surface area contributed by atoms with Crippen LogP contribution in [0, 0.1) is 0 Å². The zero-order valence-corrected chi connectivity index (χ0v) is 32.8. The smallest absolute Gasteiger partial charge is 0.261 e. The summed E-state index contributed by atoms with van der Waals surface area (Å²) >= 11 is 0. The lowest BCUT2D eigenvalue weighted by Gasteiger charge is -2.45. The maximum Gasteiger partial charge on any atom is 0.261 e. The van der Waals surface area contributed by atoms with E-state index in [0.29, 0.717) is 51.4 Å². The number of nitrogens with zero attached hydrogens (tertiary/aromatic N) is 4. The molecule has 3 fully saturated rings. The van der Waals surface area contributed by atoms with Crippen LogP contribution in [0.25, 0.3) is 21.5 Å². The van der Waals surface area contributed by atoms with E-state index in [1.807, 2.05) is 0 Å². The molecule has 4 aromatic carbocycles. The van der Waals surface area contributed by atoms with Crippen LogP contribution >= 0.6 is 0 Å². The van der Waals surface area contributed by atoms with Gasteiger partial charge in [-0.05, 0) is 87.1 Å². The van der Waals surface area contributed by atoms with Gasteiger partial charge in [-0.15, -0.1) is 0 Å². The summed E-state index contributed by atoms with van der Waals surface area (Å²) in [4.78, 5) is 120. The Bertz CT molecular complexity index is 2420. The Morgan fingerprint density at radius 2 is 0.483 bits per heavy atom. The van der Waals surface area contributed by atoms with Gasteiger partial charge in [-0.1, -0.05) is 38.5 Å². The molecule has 0 saturated heterocycles. The van der Waals surface area contributed by atoms with E-state index in [4.69, 9.17) is 11.5 Å². The molecule has 7 aliphatic rings. The summed E-state index contributed by atoms with van der Waals surface area (Å²) in [5.74, 6) is -4.57. The number of hydrogen-bond acceptors (Lipinski definition) is 10. The first kappa shape index (κ1) is 36.9. The fourth-order valence-corrected chi connectivity index (χ4v) is 11.6. The first-order chi connectivity index (χ1) is 29.0. The van der Waals surface area contributed by atoms with Gasteiger partial charge < -0.3 is 11.5 Å². The van der Waals surface area contributed by atoms with Gasteiger partial charge in [0.05, 0.1) is 24.2 Å². The standard InChI is InChI=1S/C46H42N6O8/c47-29-7-1-3-9-31(29)49-39(53)21-13-17-25-37-26(18-14-22(35(21)37)40(49)54)44(58)51(43(25)57)33-11-5-6-12-34(33)52-45(59)27-19-15-23-36-24(16-20-28(38(27)36)46(52)60)42(56)50(41(23)55)32-10-4-2-8-30(32)48/h13-20,29-34H,1-12,47-48H2/t29-,30-,31-,32-,33-,34-/m1/s1. The van der Waals surface area contributed by atoms with E-state index in [1.54, 1.807) is 0 Å². The lowest BCUT2D eigenvalue weighted by Crippen LogP contribution is -2.61. The van der Waals surface area contributed by atoms with Gasteiger partial charge in [0.1, 0.15) is 0 Å². The van der Waals surface area contributed by atoms with Crippen molar-refractivity contribution < 1.29 is 38.4 Å². The number of carbonyl (C=O) groups is 8. The van der Waals surface area contributed by atoms with Crippen molar-refractivity contribution in [2.45, 2.75) is 113 Å². The minimum absolute atomic E-state index is 0.149. The van der Waals surface area contributed by atoms with E-state index in [0.717, 1.165) is 35.5 Å². The second-order valence-corrected chi connectivity index (χ2v) is 17.5. The van der Waals surface area contributed by atoms with Crippen LogP contribution in [0.3, 0.4) is 0 Å². The van der Waals surface area contributed by atoms with Crippen molar-refractivity contribution in [2.75, 3.05) is 0 Å². The van der Waals surface area contributed by atoms with Crippen LogP contribution in [0.1, 0.15) is 160 Å². The van der Waals surface area contributed by atoms with Crippen molar-refractivity contribution in [3.05, 3.63) is 93.0 Å². The fraction of sp³-hybridized carbons (Fsp3) is 0.391. The Morgan fingerprint density at radius 1 is 0.300 bits per heavy atom. The van der Waals surface area contributed by atoms with Crippen LogP contribution in [0.5, 0.6) is 0 Å². The number of imide groups is 4. The van der Waals surface area contributed by atoms with Crippen molar-refractivity contribution in [1.82, 2.24) is 19.6 Å². The highest BCUT2D eigenvalue weighted by Crippen LogP contribution is 2.44. The van der Waals surface area contributed by atoms with Crippen molar-refractivity contribution >= 4 is 68.8 Å². The molecular weight excluding hydrogens is 765 g/mol. The Balaban J connectivity index is 0.949. The Morgan fingerprint density at radius 3 is 0.700 bits per heavy atom. The van der Waals surface area contributed by atoms with Crippen molar-refractivity contribution in [3.63, 3.8) is 0 Å². The SMILES string of the molecule is N[C@@H]1CCCC[C@H]1N1C(=O)c2ccc3c4c(ccc(c24)C1=O)C(=O)N([C@@H]1CCCC[C@H]1N1C(=O)c2ccc4c5c(ccc(c25)C1=O)C(=O)N([C@@H]1CCCC[C@H]1N)C4=O)C3=O. The maximum absolute atomic E-state index is 14.7. The molecule has 4 N–H and O–H groups in total. The lowest BCUT2D eigenvalue weighted by molar-refractivity contribution is 0.0241. The summed E-state index contributed by atoms with van der Waals surface area (Å²) in [6, 6.07) is 8.84. The molecular formula is C46H42N6O8. The van der Waals surface area contributed by atoms with Crippen LogP contribution in [0.2, 0.25) is 0 Å². The van der Waals surface area contributed by atoms with E-state index in [9.17, 15) is 38.4 Å². The minimum atomic E-state index is -0.889. The number of carbonyl (C=O) groups excluding carboxylic acids is 8. The zero-order chi connectivity index (χ0) is 41.5. The molecule has 4 heterocycles. The largest absolute Gasteiger partial charge is 0.326 e. The molecule has 11 rings (SSSR count). The highest BCUT2D eigenvalue weighted by molar-refractivity contribution is 6.35. The highest BCUT2D eigenvalue weighted by atomic mass is 16.2. The first-order valence-electron chi connectivity index (χ1n) is 21.2. The molecule has 4 aliphatic heterocycles. The summed E-state index contributed by atoms with van der Waals surface area (Å²) < 4.78 is 0. The van der Waals surface area contributed by atoms with Crippen LogP contribution in [0.4, 0.5) is 0 Å². The first-order valence-corrected chi connectivity index (χ1v) is 21.2.